The van der Waals surface area contributed by atoms with E-state index in [0.29, 0.717) is 24.2 Å². The average molecular weight is 193 g/mol. The van der Waals surface area contributed by atoms with Gasteiger partial charge in [-0.25, -0.2) is 4.98 Å². The van der Waals surface area contributed by atoms with Crippen LogP contribution in [0.5, 0.6) is 0 Å². The third-order valence-corrected chi connectivity index (χ3v) is 1.80. The van der Waals surface area contributed by atoms with Crippen molar-refractivity contribution in [1.82, 2.24) is 19.7 Å². The van der Waals surface area contributed by atoms with E-state index in [1.807, 2.05) is 13.1 Å². The van der Waals surface area contributed by atoms with Crippen LogP contribution in [0.2, 0.25) is 0 Å². The Labute approximate surface area is 80.7 Å². The molecule has 74 valence electrons. The van der Waals surface area contributed by atoms with Crippen molar-refractivity contribution in [2.24, 2.45) is 0 Å². The van der Waals surface area contributed by atoms with E-state index in [4.69, 9.17) is 10.3 Å². The first kappa shape index (κ1) is 8.74. The average Bonchev–Trinajstić information content (AvgIpc) is 2.61. The molecule has 2 N–H and O–H groups in total. The standard InChI is InChI=1S/C8H11N5O/c1-5-3-13(8(9)10-5)4-7-11-6(2)12-14-7/h3H,4H2,1-2H3,(H2,9,10). The lowest BCUT2D eigenvalue weighted by Gasteiger charge is -1.98. The number of hydrogen-bond donors (Lipinski definition) is 1. The van der Waals surface area contributed by atoms with Gasteiger partial charge in [0.15, 0.2) is 5.82 Å². The molecule has 0 unspecified atom stereocenters. The summed E-state index contributed by atoms with van der Waals surface area (Å²) < 4.78 is 6.73. The van der Waals surface area contributed by atoms with E-state index in [0.717, 1.165) is 5.69 Å². The molecule has 0 bridgehead atoms. The molecule has 0 aliphatic carbocycles. The van der Waals surface area contributed by atoms with Crippen LogP contribution in [0.25, 0.3) is 0 Å². The van der Waals surface area contributed by atoms with Crippen LogP contribution in [0.15, 0.2) is 10.7 Å². The van der Waals surface area contributed by atoms with Crippen LogP contribution in [-0.4, -0.2) is 19.7 Å². The predicted octanol–water partition coefficient (Wildman–Crippen LogP) is 0.513. The molecule has 0 radical (unpaired) electrons. The van der Waals surface area contributed by atoms with Crippen molar-refractivity contribution in [1.29, 1.82) is 0 Å². The van der Waals surface area contributed by atoms with E-state index in [-0.39, 0.29) is 0 Å². The summed E-state index contributed by atoms with van der Waals surface area (Å²) in [6, 6.07) is 0. The molecule has 14 heavy (non-hydrogen) atoms. The molecule has 0 saturated carbocycles. The Morgan fingerprint density at radius 2 is 2.21 bits per heavy atom. The van der Waals surface area contributed by atoms with Gasteiger partial charge in [-0.3, -0.25) is 0 Å². The van der Waals surface area contributed by atoms with Crippen LogP contribution in [0.3, 0.4) is 0 Å². The van der Waals surface area contributed by atoms with E-state index in [1.165, 1.54) is 0 Å². The van der Waals surface area contributed by atoms with Crippen molar-refractivity contribution >= 4 is 5.95 Å². The minimum absolute atomic E-state index is 0.457. The summed E-state index contributed by atoms with van der Waals surface area (Å²) in [5.41, 5.74) is 6.53. The summed E-state index contributed by atoms with van der Waals surface area (Å²) >= 11 is 0. The molecule has 2 aromatic heterocycles. The smallest absolute Gasteiger partial charge is 0.246 e. The van der Waals surface area contributed by atoms with Crippen LogP contribution in [-0.2, 0) is 6.54 Å². The van der Waals surface area contributed by atoms with Crippen molar-refractivity contribution in [3.63, 3.8) is 0 Å². The largest absolute Gasteiger partial charge is 0.369 e. The Kier molecular flexibility index (Phi) is 1.95. The first-order valence-electron chi connectivity index (χ1n) is 4.23. The maximum absolute atomic E-state index is 5.66. The number of rotatable bonds is 2. The molecule has 0 aliphatic rings. The highest BCUT2D eigenvalue weighted by molar-refractivity contribution is 5.21. The minimum Gasteiger partial charge on any atom is -0.369 e. The Morgan fingerprint density at radius 3 is 2.71 bits per heavy atom. The second-order valence-electron chi connectivity index (χ2n) is 3.10. The molecule has 0 aromatic carbocycles. The number of aryl methyl sites for hydroxylation is 2. The van der Waals surface area contributed by atoms with Gasteiger partial charge < -0.3 is 14.8 Å². The molecule has 0 atom stereocenters. The minimum atomic E-state index is 0.457. The summed E-state index contributed by atoms with van der Waals surface area (Å²) in [6.07, 6.45) is 1.84. The van der Waals surface area contributed by atoms with Gasteiger partial charge in [0.1, 0.15) is 6.54 Å². The van der Waals surface area contributed by atoms with Crippen LogP contribution < -0.4 is 5.73 Å². The molecule has 0 amide bonds. The van der Waals surface area contributed by atoms with E-state index in [9.17, 15) is 0 Å². The van der Waals surface area contributed by atoms with Crippen molar-refractivity contribution < 1.29 is 4.52 Å². The Hall–Kier alpha value is -1.85. The van der Waals surface area contributed by atoms with Crippen LogP contribution in [0.1, 0.15) is 17.4 Å². The number of nitrogens with zero attached hydrogens (tertiary/aromatic N) is 4. The van der Waals surface area contributed by atoms with Gasteiger partial charge in [0.05, 0.1) is 5.69 Å². The molecule has 2 aromatic rings. The second kappa shape index (κ2) is 3.13. The zero-order chi connectivity index (χ0) is 10.1. The van der Waals surface area contributed by atoms with Crippen LogP contribution >= 0.6 is 0 Å². The van der Waals surface area contributed by atoms with Crippen LogP contribution in [0, 0.1) is 13.8 Å². The van der Waals surface area contributed by atoms with Gasteiger partial charge in [0.2, 0.25) is 11.8 Å². The maximum atomic E-state index is 5.66. The lowest BCUT2D eigenvalue weighted by molar-refractivity contribution is 0.368. The van der Waals surface area contributed by atoms with E-state index >= 15 is 0 Å². The number of imidazole rings is 1. The van der Waals surface area contributed by atoms with Gasteiger partial charge in [-0.05, 0) is 13.8 Å². The molecular weight excluding hydrogens is 182 g/mol. The molecule has 6 nitrogen and oxygen atoms in total. The lowest BCUT2D eigenvalue weighted by atomic mass is 10.5. The van der Waals surface area contributed by atoms with Gasteiger partial charge >= 0.3 is 0 Å². The number of hydrogen-bond acceptors (Lipinski definition) is 5. The fraction of sp³-hybridized carbons (Fsp3) is 0.375. The molecule has 0 saturated heterocycles. The fourth-order valence-electron chi connectivity index (χ4n) is 1.24. The monoisotopic (exact) mass is 193 g/mol. The van der Waals surface area contributed by atoms with Crippen molar-refractivity contribution in [2.45, 2.75) is 20.4 Å². The SMILES string of the molecule is Cc1cn(Cc2nc(C)no2)c(N)n1. The summed E-state index contributed by atoms with van der Waals surface area (Å²) in [4.78, 5) is 8.14. The van der Waals surface area contributed by atoms with Gasteiger partial charge in [-0.1, -0.05) is 5.16 Å². The van der Waals surface area contributed by atoms with Gasteiger partial charge in [-0.15, -0.1) is 0 Å². The molecule has 6 heteroatoms. The third kappa shape index (κ3) is 1.59. The summed E-state index contributed by atoms with van der Waals surface area (Å²) in [5.74, 6) is 1.61. The number of anilines is 1. The summed E-state index contributed by atoms with van der Waals surface area (Å²) in [5, 5.41) is 3.69. The molecule has 2 rings (SSSR count). The molecule has 2 heterocycles. The van der Waals surface area contributed by atoms with Crippen molar-refractivity contribution in [3.8, 4) is 0 Å². The highest BCUT2D eigenvalue weighted by Gasteiger charge is 2.06. The Morgan fingerprint density at radius 1 is 1.43 bits per heavy atom. The van der Waals surface area contributed by atoms with E-state index < -0.39 is 0 Å². The first-order valence-corrected chi connectivity index (χ1v) is 4.23. The molecule has 0 aliphatic heterocycles. The maximum Gasteiger partial charge on any atom is 0.246 e. The van der Waals surface area contributed by atoms with Gasteiger partial charge in [0.25, 0.3) is 0 Å². The highest BCUT2D eigenvalue weighted by Crippen LogP contribution is 2.07. The topological polar surface area (TPSA) is 82.8 Å². The van der Waals surface area contributed by atoms with Gasteiger partial charge in [-0.2, -0.15) is 4.98 Å². The predicted molar refractivity (Wildman–Crippen MR) is 49.5 cm³/mol. The molecule has 0 spiro atoms. The number of nitrogens with two attached hydrogens (primary N) is 1. The number of aromatic nitrogens is 4. The normalized spacial score (nSPS) is 10.7. The molecular formula is C8H11N5O. The van der Waals surface area contributed by atoms with E-state index in [2.05, 4.69) is 15.1 Å². The fourth-order valence-corrected chi connectivity index (χ4v) is 1.24. The second-order valence-corrected chi connectivity index (χ2v) is 3.10. The van der Waals surface area contributed by atoms with Crippen molar-refractivity contribution in [2.75, 3.05) is 5.73 Å². The molecule has 0 fully saturated rings. The lowest BCUT2D eigenvalue weighted by Crippen LogP contribution is -2.03. The first-order chi connectivity index (χ1) is 6.65. The van der Waals surface area contributed by atoms with Crippen LogP contribution in [0.4, 0.5) is 5.95 Å². The zero-order valence-electron chi connectivity index (χ0n) is 8.06. The zero-order valence-corrected chi connectivity index (χ0v) is 8.06. The Bertz CT molecular complexity index is 444. The number of nitrogen functional groups attached to an aromatic ring is 1. The quantitative estimate of drug-likeness (QED) is 0.751. The summed E-state index contributed by atoms with van der Waals surface area (Å²) in [7, 11) is 0. The third-order valence-electron chi connectivity index (χ3n) is 1.80. The highest BCUT2D eigenvalue weighted by atomic mass is 16.5. The van der Waals surface area contributed by atoms with Crippen molar-refractivity contribution in [3.05, 3.63) is 23.6 Å². The Balaban J connectivity index is 2.22. The summed E-state index contributed by atoms with van der Waals surface area (Å²) in [6.45, 7) is 4.12. The van der Waals surface area contributed by atoms with Gasteiger partial charge in [0, 0.05) is 6.20 Å². The van der Waals surface area contributed by atoms with E-state index in [1.54, 1.807) is 11.5 Å².